The fourth-order valence-electron chi connectivity index (χ4n) is 2.67. The summed E-state index contributed by atoms with van der Waals surface area (Å²) in [4.78, 5) is 2.45. The van der Waals surface area contributed by atoms with Crippen LogP contribution in [0.4, 0.5) is 4.39 Å². The summed E-state index contributed by atoms with van der Waals surface area (Å²) >= 11 is 5.78. The van der Waals surface area contributed by atoms with Crippen LogP contribution < -0.4 is 5.32 Å². The van der Waals surface area contributed by atoms with Crippen molar-refractivity contribution in [2.45, 2.75) is 32.2 Å². The second-order valence-corrected chi connectivity index (χ2v) is 5.52. The molecule has 0 radical (unpaired) electrons. The predicted octanol–water partition coefficient (Wildman–Crippen LogP) is 4.04. The zero-order chi connectivity index (χ0) is 13.7. The van der Waals surface area contributed by atoms with Crippen LogP contribution in [0.5, 0.6) is 0 Å². The largest absolute Gasteiger partial charge is 0.314 e. The molecule has 0 amide bonds. The lowest BCUT2D eigenvalue weighted by molar-refractivity contribution is 0.163. The van der Waals surface area contributed by atoms with Gasteiger partial charge in [-0.3, -0.25) is 4.90 Å². The van der Waals surface area contributed by atoms with E-state index in [0.717, 1.165) is 38.2 Å². The highest BCUT2D eigenvalue weighted by atomic mass is 35.5. The minimum absolute atomic E-state index is 0. The number of hydrogen-bond donors (Lipinski definition) is 1. The standard InChI is InChI=1S/C15H22ClFN2.ClH/c1-2-3-4-15(19-9-7-18-8-10-19)12-5-6-13(16)14(17)11-12;/h5-6,11,15,18H,2-4,7-10H2,1H3;1H/t15-;/m1./s1. The Morgan fingerprint density at radius 3 is 2.65 bits per heavy atom. The Bertz CT molecular complexity index is 409. The molecule has 5 heteroatoms. The van der Waals surface area contributed by atoms with Crippen molar-refractivity contribution < 1.29 is 4.39 Å². The molecule has 1 heterocycles. The van der Waals surface area contributed by atoms with Crippen molar-refractivity contribution in [1.82, 2.24) is 10.2 Å². The van der Waals surface area contributed by atoms with Gasteiger partial charge in [0.2, 0.25) is 0 Å². The molecule has 114 valence electrons. The molecule has 1 aromatic rings. The van der Waals surface area contributed by atoms with Crippen molar-refractivity contribution in [3.05, 3.63) is 34.6 Å². The van der Waals surface area contributed by atoms with Gasteiger partial charge in [-0.2, -0.15) is 0 Å². The maximum absolute atomic E-state index is 13.7. The Kier molecular flexibility index (Phi) is 7.82. The van der Waals surface area contributed by atoms with Gasteiger partial charge in [-0.1, -0.05) is 37.4 Å². The van der Waals surface area contributed by atoms with E-state index in [0.29, 0.717) is 6.04 Å². The quantitative estimate of drug-likeness (QED) is 0.880. The highest BCUT2D eigenvalue weighted by Gasteiger charge is 2.22. The molecule has 1 saturated heterocycles. The topological polar surface area (TPSA) is 15.3 Å². The van der Waals surface area contributed by atoms with Crippen LogP contribution in [0.15, 0.2) is 18.2 Å². The van der Waals surface area contributed by atoms with Crippen molar-refractivity contribution in [2.24, 2.45) is 0 Å². The van der Waals surface area contributed by atoms with E-state index in [1.54, 1.807) is 12.1 Å². The summed E-state index contributed by atoms with van der Waals surface area (Å²) in [6, 6.07) is 5.56. The summed E-state index contributed by atoms with van der Waals surface area (Å²) in [5.41, 5.74) is 1.05. The minimum Gasteiger partial charge on any atom is -0.314 e. The molecule has 0 aliphatic carbocycles. The fourth-order valence-corrected chi connectivity index (χ4v) is 2.79. The molecule has 1 aromatic carbocycles. The monoisotopic (exact) mass is 320 g/mol. The van der Waals surface area contributed by atoms with Crippen LogP contribution in [0, 0.1) is 5.82 Å². The van der Waals surface area contributed by atoms with Crippen LogP contribution >= 0.6 is 24.0 Å². The maximum Gasteiger partial charge on any atom is 0.142 e. The number of benzene rings is 1. The molecule has 20 heavy (non-hydrogen) atoms. The predicted molar refractivity (Wildman–Crippen MR) is 85.4 cm³/mol. The zero-order valence-electron chi connectivity index (χ0n) is 11.9. The van der Waals surface area contributed by atoms with E-state index in [-0.39, 0.29) is 23.2 Å². The second kappa shape index (κ2) is 8.83. The second-order valence-electron chi connectivity index (χ2n) is 5.12. The van der Waals surface area contributed by atoms with Crippen LogP contribution in [0.1, 0.15) is 37.8 Å². The summed E-state index contributed by atoms with van der Waals surface area (Å²) < 4.78 is 13.7. The molecule has 1 fully saturated rings. The average Bonchev–Trinajstić information content (AvgIpc) is 2.44. The summed E-state index contributed by atoms with van der Waals surface area (Å²) in [7, 11) is 0. The highest BCUT2D eigenvalue weighted by molar-refractivity contribution is 6.30. The normalized spacial score (nSPS) is 17.6. The number of nitrogens with one attached hydrogen (secondary N) is 1. The van der Waals surface area contributed by atoms with Gasteiger partial charge in [0, 0.05) is 32.2 Å². The molecule has 0 aromatic heterocycles. The molecule has 1 aliphatic heterocycles. The van der Waals surface area contributed by atoms with Crippen LogP contribution in [-0.2, 0) is 0 Å². The smallest absolute Gasteiger partial charge is 0.142 e. The van der Waals surface area contributed by atoms with Gasteiger partial charge in [0.05, 0.1) is 5.02 Å². The van der Waals surface area contributed by atoms with E-state index < -0.39 is 0 Å². The van der Waals surface area contributed by atoms with Crippen LogP contribution in [0.2, 0.25) is 5.02 Å². The first-order chi connectivity index (χ1) is 9.22. The van der Waals surface area contributed by atoms with Gasteiger partial charge >= 0.3 is 0 Å². The molecule has 0 saturated carbocycles. The Hall–Kier alpha value is -0.350. The van der Waals surface area contributed by atoms with Crippen molar-refractivity contribution in [3.8, 4) is 0 Å². The number of halogens is 3. The Morgan fingerprint density at radius 2 is 2.05 bits per heavy atom. The van der Waals surface area contributed by atoms with Gasteiger partial charge in [-0.15, -0.1) is 12.4 Å². The minimum atomic E-state index is -0.309. The first kappa shape index (κ1) is 17.7. The Balaban J connectivity index is 0.00000200. The third kappa shape index (κ3) is 4.59. The number of nitrogens with zero attached hydrogens (tertiary/aromatic N) is 1. The number of unbranched alkanes of at least 4 members (excludes halogenated alkanes) is 1. The molecule has 1 N–H and O–H groups in total. The number of piperazine rings is 1. The molecular formula is C15H23Cl2FN2. The van der Waals surface area contributed by atoms with E-state index in [1.807, 2.05) is 6.07 Å². The van der Waals surface area contributed by atoms with Crippen LogP contribution in [-0.4, -0.2) is 31.1 Å². The summed E-state index contributed by atoms with van der Waals surface area (Å²) in [5.74, 6) is -0.309. The van der Waals surface area contributed by atoms with Gasteiger partial charge in [-0.25, -0.2) is 4.39 Å². The Morgan fingerprint density at radius 1 is 1.35 bits per heavy atom. The van der Waals surface area contributed by atoms with E-state index in [1.165, 1.54) is 12.8 Å². The lowest BCUT2D eigenvalue weighted by Crippen LogP contribution is -2.45. The van der Waals surface area contributed by atoms with Crippen LogP contribution in [0.25, 0.3) is 0 Å². The summed E-state index contributed by atoms with van der Waals surface area (Å²) in [5, 5.41) is 3.57. The SMILES string of the molecule is CCCC[C@H](c1ccc(Cl)c(F)c1)N1CCNCC1.Cl. The van der Waals surface area contributed by atoms with Crippen molar-refractivity contribution in [3.63, 3.8) is 0 Å². The van der Waals surface area contributed by atoms with E-state index >= 15 is 0 Å². The number of hydrogen-bond acceptors (Lipinski definition) is 2. The fraction of sp³-hybridized carbons (Fsp3) is 0.600. The van der Waals surface area contributed by atoms with Gasteiger partial charge in [0.15, 0.2) is 0 Å². The first-order valence-electron chi connectivity index (χ1n) is 7.12. The molecule has 1 atom stereocenters. The van der Waals surface area contributed by atoms with E-state index in [2.05, 4.69) is 17.1 Å². The molecule has 2 rings (SSSR count). The summed E-state index contributed by atoms with van der Waals surface area (Å²) in [6.07, 6.45) is 3.41. The van der Waals surface area contributed by atoms with E-state index in [4.69, 9.17) is 11.6 Å². The zero-order valence-corrected chi connectivity index (χ0v) is 13.4. The highest BCUT2D eigenvalue weighted by Crippen LogP contribution is 2.29. The van der Waals surface area contributed by atoms with Gasteiger partial charge in [0.25, 0.3) is 0 Å². The van der Waals surface area contributed by atoms with Gasteiger partial charge in [-0.05, 0) is 24.1 Å². The molecule has 0 spiro atoms. The van der Waals surface area contributed by atoms with E-state index in [9.17, 15) is 4.39 Å². The van der Waals surface area contributed by atoms with Crippen molar-refractivity contribution >= 4 is 24.0 Å². The third-order valence-corrected chi connectivity index (χ3v) is 4.06. The molecular weight excluding hydrogens is 298 g/mol. The lowest BCUT2D eigenvalue weighted by atomic mass is 9.98. The molecule has 2 nitrogen and oxygen atoms in total. The molecule has 1 aliphatic rings. The molecule has 0 bridgehead atoms. The Labute approximate surface area is 132 Å². The molecule has 0 unspecified atom stereocenters. The maximum atomic E-state index is 13.7. The first-order valence-corrected chi connectivity index (χ1v) is 7.50. The van der Waals surface area contributed by atoms with Crippen molar-refractivity contribution in [2.75, 3.05) is 26.2 Å². The average molecular weight is 321 g/mol. The lowest BCUT2D eigenvalue weighted by Gasteiger charge is -2.35. The summed E-state index contributed by atoms with van der Waals surface area (Å²) in [6.45, 7) is 6.27. The third-order valence-electron chi connectivity index (χ3n) is 3.75. The van der Waals surface area contributed by atoms with Crippen molar-refractivity contribution in [1.29, 1.82) is 0 Å². The number of rotatable bonds is 5. The van der Waals surface area contributed by atoms with Crippen LogP contribution in [0.3, 0.4) is 0 Å². The van der Waals surface area contributed by atoms with Gasteiger partial charge < -0.3 is 5.32 Å². The van der Waals surface area contributed by atoms with Gasteiger partial charge in [0.1, 0.15) is 5.82 Å².